The van der Waals surface area contributed by atoms with Crippen LogP contribution in [0.3, 0.4) is 0 Å². The van der Waals surface area contributed by atoms with E-state index in [2.05, 4.69) is 29.8 Å². The molecule has 1 amide bonds. The monoisotopic (exact) mass is 325 g/mol. The van der Waals surface area contributed by atoms with Crippen LogP contribution < -0.4 is 4.90 Å². The number of ether oxygens (including phenoxy) is 1. The predicted molar refractivity (Wildman–Crippen MR) is 80.4 cm³/mol. The van der Waals surface area contributed by atoms with Crippen molar-refractivity contribution in [1.82, 2.24) is 0 Å². The van der Waals surface area contributed by atoms with Crippen molar-refractivity contribution < 1.29 is 9.53 Å². The number of hydrogen-bond acceptors (Lipinski definition) is 2. The van der Waals surface area contributed by atoms with Crippen LogP contribution >= 0.6 is 15.9 Å². The molecule has 0 aromatic heterocycles. The topological polar surface area (TPSA) is 29.5 Å². The van der Waals surface area contributed by atoms with E-state index in [0.717, 1.165) is 41.4 Å². The Bertz CT molecular complexity index is 455. The first kappa shape index (κ1) is 14.4. The van der Waals surface area contributed by atoms with Crippen molar-refractivity contribution in [3.05, 3.63) is 28.2 Å². The molecule has 0 N–H and O–H groups in total. The lowest BCUT2D eigenvalue weighted by Crippen LogP contribution is -2.43. The summed E-state index contributed by atoms with van der Waals surface area (Å²) in [6, 6.07) is 6.27. The molecule has 1 aliphatic rings. The SMILES string of the molecule is CCCC(CCC)N1C(=O)OCc2cc(Br)ccc21. The maximum Gasteiger partial charge on any atom is 0.414 e. The molecule has 3 nitrogen and oxygen atoms in total. The zero-order valence-corrected chi connectivity index (χ0v) is 13.1. The van der Waals surface area contributed by atoms with Crippen LogP contribution in [0.1, 0.15) is 45.1 Å². The van der Waals surface area contributed by atoms with Gasteiger partial charge in [0, 0.05) is 16.1 Å². The molecule has 0 aliphatic carbocycles. The van der Waals surface area contributed by atoms with Crippen LogP contribution in [0.5, 0.6) is 0 Å². The number of hydrogen-bond donors (Lipinski definition) is 0. The molecule has 0 unspecified atom stereocenters. The quantitative estimate of drug-likeness (QED) is 0.772. The van der Waals surface area contributed by atoms with Crippen LogP contribution in [-0.2, 0) is 11.3 Å². The molecule has 0 atom stereocenters. The highest BCUT2D eigenvalue weighted by molar-refractivity contribution is 9.10. The number of nitrogens with zero attached hydrogens (tertiary/aromatic N) is 1. The van der Waals surface area contributed by atoms with Crippen LogP contribution in [0.25, 0.3) is 0 Å². The summed E-state index contributed by atoms with van der Waals surface area (Å²) < 4.78 is 6.33. The highest BCUT2D eigenvalue weighted by Gasteiger charge is 2.31. The maximum atomic E-state index is 12.1. The van der Waals surface area contributed by atoms with Crippen molar-refractivity contribution in [2.24, 2.45) is 0 Å². The van der Waals surface area contributed by atoms with Crippen molar-refractivity contribution in [3.63, 3.8) is 0 Å². The summed E-state index contributed by atoms with van der Waals surface area (Å²) in [5, 5.41) is 0. The molecule has 0 radical (unpaired) electrons. The van der Waals surface area contributed by atoms with Gasteiger partial charge in [-0.25, -0.2) is 4.79 Å². The fourth-order valence-electron chi connectivity index (χ4n) is 2.63. The molecule has 1 heterocycles. The zero-order valence-electron chi connectivity index (χ0n) is 11.5. The normalized spacial score (nSPS) is 14.5. The lowest BCUT2D eigenvalue weighted by Gasteiger charge is -2.35. The molecule has 2 rings (SSSR count). The van der Waals surface area contributed by atoms with Gasteiger partial charge in [0.1, 0.15) is 6.61 Å². The Morgan fingerprint density at radius 3 is 2.63 bits per heavy atom. The fourth-order valence-corrected chi connectivity index (χ4v) is 3.04. The Morgan fingerprint density at radius 2 is 2.00 bits per heavy atom. The lowest BCUT2D eigenvalue weighted by atomic mass is 10.0. The van der Waals surface area contributed by atoms with Crippen molar-refractivity contribution in [1.29, 1.82) is 0 Å². The number of benzene rings is 1. The third-order valence-corrected chi connectivity index (χ3v) is 3.95. The molecule has 19 heavy (non-hydrogen) atoms. The average molecular weight is 326 g/mol. The van der Waals surface area contributed by atoms with Crippen molar-refractivity contribution in [2.75, 3.05) is 4.90 Å². The molecule has 0 fully saturated rings. The maximum absolute atomic E-state index is 12.1. The van der Waals surface area contributed by atoms with Gasteiger partial charge in [0.05, 0.1) is 5.69 Å². The first-order chi connectivity index (χ1) is 9.17. The van der Waals surface area contributed by atoms with Crippen LogP contribution in [0.15, 0.2) is 22.7 Å². The van der Waals surface area contributed by atoms with E-state index in [1.807, 2.05) is 23.1 Å². The Morgan fingerprint density at radius 1 is 1.32 bits per heavy atom. The molecular weight excluding hydrogens is 306 g/mol. The van der Waals surface area contributed by atoms with Crippen LogP contribution in [-0.4, -0.2) is 12.1 Å². The molecule has 0 bridgehead atoms. The predicted octanol–water partition coefficient (Wildman–Crippen LogP) is 4.87. The van der Waals surface area contributed by atoms with Crippen molar-refractivity contribution in [3.8, 4) is 0 Å². The largest absolute Gasteiger partial charge is 0.444 e. The van der Waals surface area contributed by atoms with E-state index in [-0.39, 0.29) is 12.1 Å². The summed E-state index contributed by atoms with van der Waals surface area (Å²) in [4.78, 5) is 14.0. The average Bonchev–Trinajstić information content (AvgIpc) is 2.39. The molecule has 4 heteroatoms. The summed E-state index contributed by atoms with van der Waals surface area (Å²) >= 11 is 3.46. The van der Waals surface area contributed by atoms with Gasteiger partial charge in [0.25, 0.3) is 0 Å². The Hall–Kier alpha value is -1.03. The number of carbonyl (C=O) groups is 1. The van der Waals surface area contributed by atoms with Crippen molar-refractivity contribution >= 4 is 27.7 Å². The number of rotatable bonds is 5. The second-order valence-corrected chi connectivity index (χ2v) is 5.84. The third kappa shape index (κ3) is 3.11. The number of fused-ring (bicyclic) bond motifs is 1. The van der Waals surface area contributed by atoms with Gasteiger partial charge < -0.3 is 4.74 Å². The first-order valence-electron chi connectivity index (χ1n) is 6.91. The van der Waals surface area contributed by atoms with Gasteiger partial charge in [-0.15, -0.1) is 0 Å². The summed E-state index contributed by atoms with van der Waals surface area (Å²) in [6.45, 7) is 4.68. The van der Waals surface area contributed by atoms with E-state index >= 15 is 0 Å². The van der Waals surface area contributed by atoms with E-state index in [0.29, 0.717) is 6.61 Å². The Kier molecular flexibility index (Phi) is 4.86. The number of anilines is 1. The van der Waals surface area contributed by atoms with Gasteiger partial charge >= 0.3 is 6.09 Å². The standard InChI is InChI=1S/C15H20BrNO2/c1-3-5-13(6-4-2)17-14-8-7-12(16)9-11(14)10-19-15(17)18/h7-9,13H,3-6,10H2,1-2H3. The van der Waals surface area contributed by atoms with Gasteiger partial charge in [0.2, 0.25) is 0 Å². The zero-order chi connectivity index (χ0) is 13.8. The third-order valence-electron chi connectivity index (χ3n) is 3.46. The fraction of sp³-hybridized carbons (Fsp3) is 0.533. The Balaban J connectivity index is 2.35. The number of amides is 1. The number of cyclic esters (lactones) is 1. The van der Waals surface area contributed by atoms with Gasteiger partial charge in [-0.05, 0) is 31.0 Å². The molecular formula is C15H20BrNO2. The van der Waals surface area contributed by atoms with Crippen LogP contribution in [0.2, 0.25) is 0 Å². The van der Waals surface area contributed by atoms with Gasteiger partial charge in [-0.3, -0.25) is 4.90 Å². The molecule has 0 spiro atoms. The lowest BCUT2D eigenvalue weighted by molar-refractivity contribution is 0.138. The van der Waals surface area contributed by atoms with Gasteiger partial charge in [-0.2, -0.15) is 0 Å². The molecule has 1 aromatic carbocycles. The van der Waals surface area contributed by atoms with E-state index in [4.69, 9.17) is 4.74 Å². The number of halogens is 1. The van der Waals surface area contributed by atoms with Crippen LogP contribution in [0, 0.1) is 0 Å². The summed E-state index contributed by atoms with van der Waals surface area (Å²) in [7, 11) is 0. The second-order valence-electron chi connectivity index (χ2n) is 4.93. The first-order valence-corrected chi connectivity index (χ1v) is 7.71. The van der Waals surface area contributed by atoms with Crippen molar-refractivity contribution in [2.45, 2.75) is 52.2 Å². The minimum absolute atomic E-state index is 0.207. The highest BCUT2D eigenvalue weighted by atomic mass is 79.9. The molecule has 0 saturated carbocycles. The van der Waals surface area contributed by atoms with Crippen LogP contribution in [0.4, 0.5) is 10.5 Å². The summed E-state index contributed by atoms with van der Waals surface area (Å²) in [5.41, 5.74) is 2.08. The second kappa shape index (κ2) is 6.42. The minimum atomic E-state index is -0.207. The molecule has 1 aliphatic heterocycles. The highest BCUT2D eigenvalue weighted by Crippen LogP contribution is 2.33. The van der Waals surface area contributed by atoms with Gasteiger partial charge in [0.15, 0.2) is 0 Å². The molecule has 1 aromatic rings. The molecule has 104 valence electrons. The van der Waals surface area contributed by atoms with E-state index in [1.54, 1.807) is 0 Å². The number of carbonyl (C=O) groups excluding carboxylic acids is 1. The molecule has 0 saturated heterocycles. The smallest absolute Gasteiger partial charge is 0.414 e. The Labute approximate surface area is 123 Å². The minimum Gasteiger partial charge on any atom is -0.444 e. The van der Waals surface area contributed by atoms with E-state index in [1.165, 1.54) is 0 Å². The summed E-state index contributed by atoms with van der Waals surface area (Å²) in [6.07, 6.45) is 3.96. The van der Waals surface area contributed by atoms with Gasteiger partial charge in [-0.1, -0.05) is 42.6 Å². The van der Waals surface area contributed by atoms with E-state index in [9.17, 15) is 4.79 Å². The summed E-state index contributed by atoms with van der Waals surface area (Å²) in [5.74, 6) is 0. The van der Waals surface area contributed by atoms with E-state index < -0.39 is 0 Å².